The smallest absolute Gasteiger partial charge is 0.380 e. The molecular formula is C11H18O4. The molecule has 4 heteroatoms. The van der Waals surface area contributed by atoms with Gasteiger partial charge in [0.2, 0.25) is 5.78 Å². The van der Waals surface area contributed by atoms with Crippen molar-refractivity contribution in [1.82, 2.24) is 0 Å². The van der Waals surface area contributed by atoms with Gasteiger partial charge in [0.05, 0.1) is 0 Å². The maximum Gasteiger partial charge on any atom is 0.380 e. The van der Waals surface area contributed by atoms with E-state index in [1.807, 2.05) is 0 Å². The summed E-state index contributed by atoms with van der Waals surface area (Å²) in [4.78, 5) is 31.7. The average Bonchev–Trinajstić information content (AvgIpc) is 2.21. The monoisotopic (exact) mass is 214 g/mol. The summed E-state index contributed by atoms with van der Waals surface area (Å²) in [6.45, 7) is 2.12. The summed E-state index contributed by atoms with van der Waals surface area (Å²) in [6.07, 6.45) is 6.09. The molecule has 0 bridgehead atoms. The van der Waals surface area contributed by atoms with E-state index in [0.29, 0.717) is 6.42 Å². The number of Topliss-reactive ketones (excluding diaryl/α,β-unsaturated/α-hetero) is 2. The number of hydrogen-bond donors (Lipinski definition) is 1. The van der Waals surface area contributed by atoms with Crippen molar-refractivity contribution in [1.29, 1.82) is 0 Å². The Morgan fingerprint density at radius 2 is 1.47 bits per heavy atom. The summed E-state index contributed by atoms with van der Waals surface area (Å²) in [7, 11) is 0. The number of carboxylic acid groups (broad SMARTS) is 1. The molecule has 0 saturated carbocycles. The highest BCUT2D eigenvalue weighted by Gasteiger charge is 2.20. The number of aliphatic carboxylic acids is 1. The number of carboxylic acids is 1. The van der Waals surface area contributed by atoms with Gasteiger partial charge in [-0.15, -0.1) is 0 Å². The minimum Gasteiger partial charge on any atom is -0.475 e. The van der Waals surface area contributed by atoms with Gasteiger partial charge in [-0.3, -0.25) is 9.59 Å². The van der Waals surface area contributed by atoms with Gasteiger partial charge in [-0.05, 0) is 6.42 Å². The van der Waals surface area contributed by atoms with Gasteiger partial charge in [0.1, 0.15) is 0 Å². The van der Waals surface area contributed by atoms with Crippen LogP contribution in [-0.4, -0.2) is 22.6 Å². The first-order valence-electron chi connectivity index (χ1n) is 5.40. The van der Waals surface area contributed by atoms with Crippen LogP contribution in [0, 0.1) is 0 Å². The molecule has 0 radical (unpaired) electrons. The summed E-state index contributed by atoms with van der Waals surface area (Å²) in [5.74, 6) is -3.72. The number of unbranched alkanes of at least 4 members (excludes halogenated alkanes) is 5. The first kappa shape index (κ1) is 13.8. The van der Waals surface area contributed by atoms with Crippen molar-refractivity contribution < 1.29 is 19.5 Å². The number of carbonyl (C=O) groups is 3. The Kier molecular flexibility index (Phi) is 7.50. The minimum absolute atomic E-state index is 0.0667. The van der Waals surface area contributed by atoms with Crippen LogP contribution < -0.4 is 0 Å². The zero-order valence-electron chi connectivity index (χ0n) is 9.12. The highest BCUT2D eigenvalue weighted by molar-refractivity contribution is 6.61. The minimum atomic E-state index is -1.65. The lowest BCUT2D eigenvalue weighted by Gasteiger charge is -1.98. The summed E-state index contributed by atoms with van der Waals surface area (Å²) in [6, 6.07) is 0. The summed E-state index contributed by atoms with van der Waals surface area (Å²) >= 11 is 0. The van der Waals surface area contributed by atoms with Crippen LogP contribution >= 0.6 is 0 Å². The van der Waals surface area contributed by atoms with Crippen LogP contribution in [0.3, 0.4) is 0 Å². The SMILES string of the molecule is CCCCCCCCC(=O)C(=O)C(=O)O. The lowest BCUT2D eigenvalue weighted by molar-refractivity contribution is -0.152. The van der Waals surface area contributed by atoms with E-state index in [2.05, 4.69) is 6.92 Å². The van der Waals surface area contributed by atoms with Gasteiger partial charge in [-0.1, -0.05) is 39.0 Å². The zero-order valence-corrected chi connectivity index (χ0v) is 9.12. The molecule has 1 N–H and O–H groups in total. The standard InChI is InChI=1S/C11H18O4/c1-2-3-4-5-6-7-8-9(12)10(13)11(14)15/h2-8H2,1H3,(H,14,15). The summed E-state index contributed by atoms with van der Waals surface area (Å²) in [5.41, 5.74) is 0. The first-order chi connectivity index (χ1) is 7.09. The van der Waals surface area contributed by atoms with Crippen LogP contribution in [-0.2, 0) is 14.4 Å². The van der Waals surface area contributed by atoms with Crippen molar-refractivity contribution in [2.24, 2.45) is 0 Å². The van der Waals surface area contributed by atoms with Gasteiger partial charge in [0.25, 0.3) is 0 Å². The van der Waals surface area contributed by atoms with E-state index in [1.165, 1.54) is 6.42 Å². The third-order valence-electron chi connectivity index (χ3n) is 2.20. The normalized spacial score (nSPS) is 9.93. The van der Waals surface area contributed by atoms with Crippen molar-refractivity contribution in [2.45, 2.75) is 51.9 Å². The topological polar surface area (TPSA) is 71.4 Å². The molecule has 86 valence electrons. The van der Waals surface area contributed by atoms with Gasteiger partial charge in [0.15, 0.2) is 0 Å². The number of carbonyl (C=O) groups excluding carboxylic acids is 2. The predicted octanol–water partition coefficient (Wildman–Crippen LogP) is 1.96. The Morgan fingerprint density at radius 1 is 0.933 bits per heavy atom. The number of ketones is 2. The van der Waals surface area contributed by atoms with Crippen LogP contribution in [0.1, 0.15) is 51.9 Å². The first-order valence-corrected chi connectivity index (χ1v) is 5.40. The number of rotatable bonds is 9. The molecule has 0 spiro atoms. The van der Waals surface area contributed by atoms with E-state index in [-0.39, 0.29) is 6.42 Å². The lowest BCUT2D eigenvalue weighted by atomic mass is 10.1. The van der Waals surface area contributed by atoms with Crippen molar-refractivity contribution in [3.8, 4) is 0 Å². The predicted molar refractivity (Wildman–Crippen MR) is 55.6 cm³/mol. The van der Waals surface area contributed by atoms with Crippen LogP contribution in [0.2, 0.25) is 0 Å². The molecule has 0 amide bonds. The Balaban J connectivity index is 3.47. The van der Waals surface area contributed by atoms with Crippen molar-refractivity contribution in [3.63, 3.8) is 0 Å². The molecule has 0 unspecified atom stereocenters. The van der Waals surface area contributed by atoms with E-state index in [9.17, 15) is 14.4 Å². The van der Waals surface area contributed by atoms with Gasteiger partial charge >= 0.3 is 11.8 Å². The molecule has 4 nitrogen and oxygen atoms in total. The summed E-state index contributed by atoms with van der Waals surface area (Å²) in [5, 5.41) is 8.25. The molecule has 0 rings (SSSR count). The molecule has 0 heterocycles. The number of hydrogen-bond acceptors (Lipinski definition) is 3. The Labute approximate surface area is 89.7 Å². The largest absolute Gasteiger partial charge is 0.475 e. The highest BCUT2D eigenvalue weighted by atomic mass is 16.4. The third-order valence-corrected chi connectivity index (χ3v) is 2.20. The lowest BCUT2D eigenvalue weighted by Crippen LogP contribution is -2.22. The van der Waals surface area contributed by atoms with Crippen LogP contribution in [0.15, 0.2) is 0 Å². The second-order valence-corrected chi connectivity index (χ2v) is 3.58. The van der Waals surface area contributed by atoms with Crippen LogP contribution in [0.25, 0.3) is 0 Å². The maximum atomic E-state index is 10.9. The molecule has 0 fully saturated rings. The molecule has 0 aromatic rings. The van der Waals surface area contributed by atoms with Crippen molar-refractivity contribution in [3.05, 3.63) is 0 Å². The molecule has 0 aliphatic rings. The highest BCUT2D eigenvalue weighted by Crippen LogP contribution is 2.07. The molecule has 0 aromatic carbocycles. The molecule has 0 atom stereocenters. The van der Waals surface area contributed by atoms with Crippen LogP contribution in [0.5, 0.6) is 0 Å². The van der Waals surface area contributed by atoms with Crippen molar-refractivity contribution in [2.75, 3.05) is 0 Å². The Hall–Kier alpha value is -1.19. The van der Waals surface area contributed by atoms with Crippen molar-refractivity contribution >= 4 is 17.5 Å². The Bertz CT molecular complexity index is 233. The van der Waals surface area contributed by atoms with E-state index in [4.69, 9.17) is 5.11 Å². The summed E-state index contributed by atoms with van der Waals surface area (Å²) < 4.78 is 0. The fourth-order valence-electron chi connectivity index (χ4n) is 1.30. The molecule has 0 aliphatic carbocycles. The molecule has 0 saturated heterocycles. The zero-order chi connectivity index (χ0) is 11.7. The fraction of sp³-hybridized carbons (Fsp3) is 0.727. The molecule has 15 heavy (non-hydrogen) atoms. The van der Waals surface area contributed by atoms with Gasteiger partial charge in [0, 0.05) is 6.42 Å². The second kappa shape index (κ2) is 8.15. The van der Waals surface area contributed by atoms with E-state index in [1.54, 1.807) is 0 Å². The van der Waals surface area contributed by atoms with E-state index in [0.717, 1.165) is 25.7 Å². The van der Waals surface area contributed by atoms with Gasteiger partial charge in [-0.25, -0.2) is 4.79 Å². The fourth-order valence-corrected chi connectivity index (χ4v) is 1.30. The molecule has 0 aliphatic heterocycles. The Morgan fingerprint density at radius 3 is 2.00 bits per heavy atom. The molecular weight excluding hydrogens is 196 g/mol. The van der Waals surface area contributed by atoms with E-state index >= 15 is 0 Å². The maximum absolute atomic E-state index is 10.9. The van der Waals surface area contributed by atoms with Gasteiger partial charge < -0.3 is 5.11 Å². The van der Waals surface area contributed by atoms with E-state index < -0.39 is 17.5 Å². The second-order valence-electron chi connectivity index (χ2n) is 3.58. The van der Waals surface area contributed by atoms with Gasteiger partial charge in [-0.2, -0.15) is 0 Å². The molecule has 0 aromatic heterocycles. The third kappa shape index (κ3) is 6.82. The van der Waals surface area contributed by atoms with Crippen LogP contribution in [0.4, 0.5) is 0 Å². The quantitative estimate of drug-likeness (QED) is 0.362. The average molecular weight is 214 g/mol.